The topological polar surface area (TPSA) is 95.6 Å². The van der Waals surface area contributed by atoms with Crippen molar-refractivity contribution in [3.63, 3.8) is 0 Å². The van der Waals surface area contributed by atoms with Gasteiger partial charge >= 0.3 is 0 Å². The Morgan fingerprint density at radius 1 is 0.969 bits per heavy atom. The summed E-state index contributed by atoms with van der Waals surface area (Å²) in [5.74, 6) is -1.01. The van der Waals surface area contributed by atoms with Crippen molar-refractivity contribution < 1.29 is 18.0 Å². The molecule has 2 aromatic carbocycles. The molecule has 0 aliphatic carbocycles. The van der Waals surface area contributed by atoms with Crippen LogP contribution in [0, 0.1) is 19.8 Å². The quantitative estimate of drug-likeness (QED) is 0.597. The monoisotopic (exact) mass is 459 g/mol. The number of benzene rings is 2. The second kappa shape index (κ2) is 10.7. The smallest absolute Gasteiger partial charge is 0.251 e. The molecule has 0 aliphatic heterocycles. The number of amides is 2. The van der Waals surface area contributed by atoms with E-state index in [0.29, 0.717) is 18.8 Å². The summed E-state index contributed by atoms with van der Waals surface area (Å²) in [5, 5.41) is 5.61. The Bertz CT molecular complexity index is 1080. The van der Waals surface area contributed by atoms with Crippen LogP contribution in [0.25, 0.3) is 0 Å². The number of hydrogen-bond donors (Lipinski definition) is 2. The van der Waals surface area contributed by atoms with E-state index in [4.69, 9.17) is 0 Å². The van der Waals surface area contributed by atoms with Crippen molar-refractivity contribution in [2.75, 3.05) is 18.4 Å². The number of nitrogens with zero attached hydrogens (tertiary/aromatic N) is 1. The first kappa shape index (κ1) is 25.5. The molecule has 0 fully saturated rings. The average molecular weight is 460 g/mol. The number of anilines is 1. The second-order valence-corrected chi connectivity index (χ2v) is 10.0. The molecule has 0 aromatic heterocycles. The molecule has 0 aliphatic rings. The lowest BCUT2D eigenvalue weighted by molar-refractivity contribution is -0.118. The van der Waals surface area contributed by atoms with E-state index in [2.05, 4.69) is 10.6 Å². The lowest BCUT2D eigenvalue weighted by Gasteiger charge is -2.22. The van der Waals surface area contributed by atoms with Crippen LogP contribution in [0.2, 0.25) is 0 Å². The highest BCUT2D eigenvalue weighted by Crippen LogP contribution is 2.18. The molecule has 2 amide bonds. The predicted octanol–water partition coefficient (Wildman–Crippen LogP) is 3.73. The van der Waals surface area contributed by atoms with Gasteiger partial charge in [-0.25, -0.2) is 8.42 Å². The third-order valence-corrected chi connectivity index (χ3v) is 7.50. The Morgan fingerprint density at radius 2 is 1.62 bits per heavy atom. The van der Waals surface area contributed by atoms with Crippen LogP contribution in [-0.4, -0.2) is 43.7 Å². The maximum absolute atomic E-state index is 12.9. The molecule has 1 atom stereocenters. The van der Waals surface area contributed by atoms with Crippen LogP contribution in [0.5, 0.6) is 0 Å². The Balaban J connectivity index is 2.23. The van der Waals surface area contributed by atoms with Crippen molar-refractivity contribution >= 4 is 27.5 Å². The Kier molecular flexibility index (Phi) is 8.58. The lowest BCUT2D eigenvalue weighted by atomic mass is 10.0. The molecule has 8 heteroatoms. The largest absolute Gasteiger partial charge is 0.340 e. The Morgan fingerprint density at radius 3 is 2.19 bits per heavy atom. The summed E-state index contributed by atoms with van der Waals surface area (Å²) in [6.45, 7) is 11.8. The normalized spacial score (nSPS) is 12.6. The molecule has 2 aromatic rings. The van der Waals surface area contributed by atoms with Crippen LogP contribution in [0.3, 0.4) is 0 Å². The van der Waals surface area contributed by atoms with E-state index >= 15 is 0 Å². The van der Waals surface area contributed by atoms with Gasteiger partial charge < -0.3 is 10.6 Å². The van der Waals surface area contributed by atoms with E-state index in [-0.39, 0.29) is 22.3 Å². The van der Waals surface area contributed by atoms with Gasteiger partial charge in [-0.15, -0.1) is 0 Å². The molecule has 0 heterocycles. The fourth-order valence-corrected chi connectivity index (χ4v) is 4.81. The molecule has 2 rings (SSSR count). The molecule has 7 nitrogen and oxygen atoms in total. The highest BCUT2D eigenvalue weighted by Gasteiger charge is 2.26. The first-order valence-corrected chi connectivity index (χ1v) is 12.2. The van der Waals surface area contributed by atoms with E-state index in [9.17, 15) is 18.0 Å². The van der Waals surface area contributed by atoms with Crippen LogP contribution in [-0.2, 0) is 14.8 Å². The molecular formula is C24H33N3O4S. The van der Waals surface area contributed by atoms with E-state index in [1.54, 1.807) is 13.8 Å². The first-order valence-electron chi connectivity index (χ1n) is 10.8. The summed E-state index contributed by atoms with van der Waals surface area (Å²) in [5.41, 5.74) is 3.02. The van der Waals surface area contributed by atoms with E-state index in [0.717, 1.165) is 11.1 Å². The van der Waals surface area contributed by atoms with Gasteiger partial charge in [0.15, 0.2) is 0 Å². The summed E-state index contributed by atoms with van der Waals surface area (Å²) >= 11 is 0. The molecule has 0 radical (unpaired) electrons. The van der Waals surface area contributed by atoms with Crippen molar-refractivity contribution in [2.45, 2.75) is 52.5 Å². The summed E-state index contributed by atoms with van der Waals surface area (Å²) in [4.78, 5) is 25.8. The fourth-order valence-electron chi connectivity index (χ4n) is 3.31. The van der Waals surface area contributed by atoms with Gasteiger partial charge in [-0.3, -0.25) is 9.59 Å². The minimum atomic E-state index is -3.69. The molecule has 32 heavy (non-hydrogen) atoms. The summed E-state index contributed by atoms with van der Waals surface area (Å²) in [7, 11) is -3.69. The summed E-state index contributed by atoms with van der Waals surface area (Å²) in [6, 6.07) is 10.7. The summed E-state index contributed by atoms with van der Waals surface area (Å²) < 4.78 is 26.9. The van der Waals surface area contributed by atoms with Gasteiger partial charge in [-0.05, 0) is 61.2 Å². The molecule has 0 saturated carbocycles. The van der Waals surface area contributed by atoms with Gasteiger partial charge in [0.25, 0.3) is 5.91 Å². The minimum Gasteiger partial charge on any atom is -0.340 e. The molecule has 174 valence electrons. The van der Waals surface area contributed by atoms with Crippen LogP contribution in [0.1, 0.15) is 49.2 Å². The van der Waals surface area contributed by atoms with E-state index in [1.807, 2.05) is 45.9 Å². The van der Waals surface area contributed by atoms with Crippen molar-refractivity contribution in [2.24, 2.45) is 5.92 Å². The molecule has 0 unspecified atom stereocenters. The standard InChI is InChI=1S/C24H33N3O4S/c1-7-27(8-2)32(30,31)21-11-9-10-19(15-21)23(28)26-22(16(3)4)24(29)25-20-13-12-17(5)18(6)14-20/h9-16,22H,7-8H2,1-6H3,(H,25,29)(H,26,28)/t22-/m0/s1. The number of carbonyl (C=O) groups is 2. The number of aryl methyl sites for hydroxylation is 2. The predicted molar refractivity (Wildman–Crippen MR) is 127 cm³/mol. The SMILES string of the molecule is CCN(CC)S(=O)(=O)c1cccc(C(=O)N[C@H](C(=O)Nc2ccc(C)c(C)c2)C(C)C)c1. The zero-order chi connectivity index (χ0) is 24.1. The van der Waals surface area contributed by atoms with Gasteiger partial charge in [0.1, 0.15) is 6.04 Å². The molecule has 0 bridgehead atoms. The maximum atomic E-state index is 12.9. The zero-order valence-electron chi connectivity index (χ0n) is 19.6. The van der Waals surface area contributed by atoms with Crippen LogP contribution in [0.4, 0.5) is 5.69 Å². The summed E-state index contributed by atoms with van der Waals surface area (Å²) in [6.07, 6.45) is 0. The maximum Gasteiger partial charge on any atom is 0.251 e. The van der Waals surface area contributed by atoms with Crippen LogP contribution >= 0.6 is 0 Å². The number of rotatable bonds is 9. The Hall–Kier alpha value is -2.71. The van der Waals surface area contributed by atoms with Gasteiger partial charge in [-0.2, -0.15) is 4.31 Å². The number of hydrogen-bond acceptors (Lipinski definition) is 4. The third kappa shape index (κ3) is 5.95. The second-order valence-electron chi connectivity index (χ2n) is 8.10. The molecule has 2 N–H and O–H groups in total. The first-order chi connectivity index (χ1) is 15.0. The van der Waals surface area contributed by atoms with Crippen molar-refractivity contribution in [3.05, 3.63) is 59.2 Å². The molecule has 0 saturated heterocycles. The van der Waals surface area contributed by atoms with Gasteiger partial charge in [0, 0.05) is 24.3 Å². The van der Waals surface area contributed by atoms with Gasteiger partial charge in [0.2, 0.25) is 15.9 Å². The van der Waals surface area contributed by atoms with Crippen molar-refractivity contribution in [1.82, 2.24) is 9.62 Å². The number of sulfonamides is 1. The van der Waals surface area contributed by atoms with E-state index in [1.165, 1.54) is 28.6 Å². The highest BCUT2D eigenvalue weighted by atomic mass is 32.2. The van der Waals surface area contributed by atoms with Gasteiger partial charge in [-0.1, -0.05) is 39.8 Å². The lowest BCUT2D eigenvalue weighted by Crippen LogP contribution is -2.47. The average Bonchev–Trinajstić information content (AvgIpc) is 2.74. The minimum absolute atomic E-state index is 0.0505. The van der Waals surface area contributed by atoms with Gasteiger partial charge in [0.05, 0.1) is 4.90 Å². The highest BCUT2D eigenvalue weighted by molar-refractivity contribution is 7.89. The fraction of sp³-hybridized carbons (Fsp3) is 0.417. The van der Waals surface area contributed by atoms with Crippen LogP contribution in [0.15, 0.2) is 47.4 Å². The zero-order valence-corrected chi connectivity index (χ0v) is 20.4. The van der Waals surface area contributed by atoms with Crippen molar-refractivity contribution in [1.29, 1.82) is 0 Å². The molecular weight excluding hydrogens is 426 g/mol. The van der Waals surface area contributed by atoms with Crippen molar-refractivity contribution in [3.8, 4) is 0 Å². The third-order valence-electron chi connectivity index (χ3n) is 5.45. The number of carbonyl (C=O) groups excluding carboxylic acids is 2. The Labute approximate surface area is 191 Å². The number of nitrogens with one attached hydrogen (secondary N) is 2. The van der Waals surface area contributed by atoms with Crippen LogP contribution < -0.4 is 10.6 Å². The van der Waals surface area contributed by atoms with E-state index < -0.39 is 22.0 Å². The molecule has 0 spiro atoms.